The summed E-state index contributed by atoms with van der Waals surface area (Å²) in [5.41, 5.74) is 2.01. The van der Waals surface area contributed by atoms with Gasteiger partial charge in [-0.3, -0.25) is 0 Å². The second-order valence-corrected chi connectivity index (χ2v) is 9.93. The molecule has 0 amide bonds. The molecule has 0 unspecified atom stereocenters. The van der Waals surface area contributed by atoms with Gasteiger partial charge in [0.05, 0.1) is 34.9 Å². The first-order valence-electron chi connectivity index (χ1n) is 11.0. The Kier molecular flexibility index (Phi) is 6.21. The molecule has 4 aromatic rings. The Hall–Kier alpha value is -3.79. The van der Waals surface area contributed by atoms with Crippen LogP contribution in [0.5, 0.6) is 0 Å². The Morgan fingerprint density at radius 2 is 1.71 bits per heavy atom. The molecule has 9 heteroatoms. The lowest BCUT2D eigenvalue weighted by Crippen LogP contribution is -2.40. The van der Waals surface area contributed by atoms with E-state index in [2.05, 4.69) is 4.98 Å². The molecule has 0 atom stereocenters. The van der Waals surface area contributed by atoms with Gasteiger partial charge < -0.3 is 14.3 Å². The number of benzene rings is 2. The van der Waals surface area contributed by atoms with Crippen LogP contribution in [0.3, 0.4) is 0 Å². The van der Waals surface area contributed by atoms with Crippen LogP contribution in [-0.2, 0) is 14.8 Å². The van der Waals surface area contributed by atoms with E-state index in [4.69, 9.17) is 9.15 Å². The van der Waals surface area contributed by atoms with E-state index >= 15 is 0 Å². The van der Waals surface area contributed by atoms with Crippen LogP contribution in [0.25, 0.3) is 34.4 Å². The van der Waals surface area contributed by atoms with Crippen molar-refractivity contribution in [3.63, 3.8) is 0 Å². The molecule has 2 aromatic heterocycles. The molecule has 1 aliphatic heterocycles. The van der Waals surface area contributed by atoms with Gasteiger partial charge in [0.1, 0.15) is 11.5 Å². The maximum absolute atomic E-state index is 12.8. The number of fused-ring (bicyclic) bond motifs is 1. The topological polar surface area (TPSA) is 110 Å². The summed E-state index contributed by atoms with van der Waals surface area (Å²) in [7, 11) is -3.56. The first kappa shape index (κ1) is 23.0. The number of carboxylic acids is 1. The molecule has 35 heavy (non-hydrogen) atoms. The van der Waals surface area contributed by atoms with E-state index in [1.807, 2.05) is 6.07 Å². The van der Waals surface area contributed by atoms with E-state index in [1.165, 1.54) is 10.4 Å². The lowest BCUT2D eigenvalue weighted by Gasteiger charge is -2.26. The maximum atomic E-state index is 12.8. The third-order valence-corrected chi connectivity index (χ3v) is 7.67. The minimum Gasteiger partial charge on any atom is -0.478 e. The number of sulfonamides is 1. The molecule has 1 fully saturated rings. The molecule has 0 spiro atoms. The highest BCUT2D eigenvalue weighted by Gasteiger charge is 2.26. The molecular formula is C26H22N2O6S. The highest BCUT2D eigenvalue weighted by molar-refractivity contribution is 7.89. The van der Waals surface area contributed by atoms with E-state index < -0.39 is 16.0 Å². The highest BCUT2D eigenvalue weighted by Crippen LogP contribution is 2.26. The monoisotopic (exact) mass is 490 g/mol. The molecular weight excluding hydrogens is 468 g/mol. The van der Waals surface area contributed by atoms with Crippen molar-refractivity contribution in [1.82, 2.24) is 9.29 Å². The number of ether oxygens (including phenoxy) is 1. The summed E-state index contributed by atoms with van der Waals surface area (Å²) in [6.07, 6.45) is 3.41. The van der Waals surface area contributed by atoms with E-state index in [9.17, 15) is 18.3 Å². The third-order valence-electron chi connectivity index (χ3n) is 5.76. The summed E-state index contributed by atoms with van der Waals surface area (Å²) in [6.45, 7) is 1.48. The fourth-order valence-electron chi connectivity index (χ4n) is 3.95. The second kappa shape index (κ2) is 9.46. The van der Waals surface area contributed by atoms with Crippen molar-refractivity contribution in [1.29, 1.82) is 0 Å². The van der Waals surface area contributed by atoms with Crippen molar-refractivity contribution in [3.05, 3.63) is 83.7 Å². The standard InChI is InChI=1S/C26H22N2O6S/c29-26(30)23-17-19(27-24-4-2-1-3-22(23)24)7-8-20-9-12-25(34-20)18-5-10-21(11-6-18)35(31,32)28-13-15-33-16-14-28/h1-12,17H,13-16H2,(H,29,30)/b8-7+. The van der Waals surface area contributed by atoms with Crippen LogP contribution in [0.2, 0.25) is 0 Å². The summed E-state index contributed by atoms with van der Waals surface area (Å²) in [5, 5.41) is 10.1. The number of para-hydroxylation sites is 1. The lowest BCUT2D eigenvalue weighted by molar-refractivity contribution is 0.0699. The number of furan rings is 1. The van der Waals surface area contributed by atoms with Crippen LogP contribution in [0, 0.1) is 0 Å². The van der Waals surface area contributed by atoms with Crippen LogP contribution in [-0.4, -0.2) is 55.1 Å². The number of hydrogen-bond donors (Lipinski definition) is 1. The number of carboxylic acid groups (broad SMARTS) is 1. The second-order valence-electron chi connectivity index (χ2n) is 7.99. The molecule has 2 aromatic carbocycles. The number of aromatic nitrogens is 1. The van der Waals surface area contributed by atoms with Crippen molar-refractivity contribution in [2.45, 2.75) is 4.90 Å². The largest absolute Gasteiger partial charge is 0.478 e. The number of pyridine rings is 1. The Morgan fingerprint density at radius 1 is 0.971 bits per heavy atom. The van der Waals surface area contributed by atoms with Gasteiger partial charge in [-0.05, 0) is 60.7 Å². The van der Waals surface area contributed by atoms with Gasteiger partial charge in [-0.25, -0.2) is 18.2 Å². The number of hydrogen-bond acceptors (Lipinski definition) is 6. The molecule has 8 nitrogen and oxygen atoms in total. The van der Waals surface area contributed by atoms with E-state index in [-0.39, 0.29) is 10.5 Å². The summed E-state index contributed by atoms with van der Waals surface area (Å²) < 4.78 is 38.2. The zero-order valence-electron chi connectivity index (χ0n) is 18.6. The lowest BCUT2D eigenvalue weighted by atomic mass is 10.1. The van der Waals surface area contributed by atoms with E-state index in [0.29, 0.717) is 54.4 Å². The van der Waals surface area contributed by atoms with Gasteiger partial charge in [0, 0.05) is 24.0 Å². The molecule has 1 aliphatic rings. The molecule has 0 radical (unpaired) electrons. The fraction of sp³-hybridized carbons (Fsp3) is 0.154. The van der Waals surface area contributed by atoms with Crippen LogP contribution < -0.4 is 0 Å². The average Bonchev–Trinajstić information content (AvgIpc) is 3.36. The van der Waals surface area contributed by atoms with Crippen LogP contribution in [0.1, 0.15) is 21.8 Å². The van der Waals surface area contributed by atoms with Crippen molar-refractivity contribution < 1.29 is 27.5 Å². The molecule has 178 valence electrons. The van der Waals surface area contributed by atoms with Crippen molar-refractivity contribution >= 4 is 39.0 Å². The Labute approximate surface area is 202 Å². The molecule has 3 heterocycles. The number of rotatable bonds is 6. The Morgan fingerprint density at radius 3 is 2.46 bits per heavy atom. The van der Waals surface area contributed by atoms with Crippen molar-refractivity contribution in [3.8, 4) is 11.3 Å². The van der Waals surface area contributed by atoms with Gasteiger partial charge in [0.15, 0.2) is 0 Å². The summed E-state index contributed by atoms with van der Waals surface area (Å²) in [6, 6.07) is 18.8. The minimum absolute atomic E-state index is 0.183. The Bertz CT molecular complexity index is 1520. The fourth-order valence-corrected chi connectivity index (χ4v) is 5.36. The molecule has 1 N–H and O–H groups in total. The molecule has 0 aliphatic carbocycles. The van der Waals surface area contributed by atoms with E-state index in [0.717, 1.165) is 5.56 Å². The summed E-state index contributed by atoms with van der Waals surface area (Å²) in [5.74, 6) is 0.118. The number of carbonyl (C=O) groups is 1. The Balaban J connectivity index is 1.36. The van der Waals surface area contributed by atoms with Gasteiger partial charge in [0.2, 0.25) is 10.0 Å². The predicted molar refractivity (Wildman–Crippen MR) is 131 cm³/mol. The van der Waals surface area contributed by atoms with Crippen molar-refractivity contribution in [2.24, 2.45) is 0 Å². The quantitative estimate of drug-likeness (QED) is 0.427. The van der Waals surface area contributed by atoms with Crippen LogP contribution in [0.4, 0.5) is 0 Å². The third kappa shape index (κ3) is 4.74. The first-order chi connectivity index (χ1) is 16.9. The van der Waals surface area contributed by atoms with Crippen LogP contribution >= 0.6 is 0 Å². The van der Waals surface area contributed by atoms with Crippen LogP contribution in [0.15, 0.2) is 76.0 Å². The zero-order chi connectivity index (χ0) is 24.4. The predicted octanol–water partition coefficient (Wildman–Crippen LogP) is 4.38. The van der Waals surface area contributed by atoms with Gasteiger partial charge in [-0.1, -0.05) is 18.2 Å². The number of aromatic carboxylic acids is 1. The smallest absolute Gasteiger partial charge is 0.336 e. The zero-order valence-corrected chi connectivity index (χ0v) is 19.4. The molecule has 0 saturated carbocycles. The molecule has 5 rings (SSSR count). The first-order valence-corrected chi connectivity index (χ1v) is 12.5. The molecule has 0 bridgehead atoms. The summed E-state index contributed by atoms with van der Waals surface area (Å²) >= 11 is 0. The van der Waals surface area contributed by atoms with Crippen molar-refractivity contribution in [2.75, 3.05) is 26.3 Å². The van der Waals surface area contributed by atoms with Gasteiger partial charge in [-0.2, -0.15) is 4.31 Å². The number of nitrogens with zero attached hydrogens (tertiary/aromatic N) is 2. The van der Waals surface area contributed by atoms with Gasteiger partial charge in [0.25, 0.3) is 0 Å². The highest BCUT2D eigenvalue weighted by atomic mass is 32.2. The number of morpholine rings is 1. The SMILES string of the molecule is O=C(O)c1cc(/C=C/c2ccc(-c3ccc(S(=O)(=O)N4CCOCC4)cc3)o2)nc2ccccc12. The normalized spacial score (nSPS) is 15.1. The van der Waals surface area contributed by atoms with E-state index in [1.54, 1.807) is 66.7 Å². The van der Waals surface area contributed by atoms with Gasteiger partial charge >= 0.3 is 5.97 Å². The average molecular weight is 491 g/mol. The molecule has 1 saturated heterocycles. The summed E-state index contributed by atoms with van der Waals surface area (Å²) in [4.78, 5) is 16.4. The minimum atomic E-state index is -3.56. The maximum Gasteiger partial charge on any atom is 0.336 e. The van der Waals surface area contributed by atoms with Gasteiger partial charge in [-0.15, -0.1) is 0 Å².